The van der Waals surface area contributed by atoms with Crippen molar-refractivity contribution in [2.75, 3.05) is 18.4 Å². The van der Waals surface area contributed by atoms with E-state index >= 15 is 0 Å². The van der Waals surface area contributed by atoms with Gasteiger partial charge < -0.3 is 16.4 Å². The molecule has 0 atom stereocenters. The Balaban J connectivity index is 2.35. The minimum atomic E-state index is -0.0608. The Hall–Kier alpha value is -2.04. The van der Waals surface area contributed by atoms with E-state index < -0.39 is 0 Å². The maximum Gasteiger partial charge on any atom is 0.221 e. The van der Waals surface area contributed by atoms with Crippen LogP contribution in [0.15, 0.2) is 29.3 Å². The summed E-state index contributed by atoms with van der Waals surface area (Å²) in [6.07, 6.45) is 1.86. The molecule has 1 aromatic carbocycles. The van der Waals surface area contributed by atoms with Gasteiger partial charge >= 0.3 is 0 Å². The van der Waals surface area contributed by atoms with E-state index in [9.17, 15) is 4.79 Å². The predicted octanol–water partition coefficient (Wildman–Crippen LogP) is 1.50. The number of amides is 1. The number of nitrogens with zero attached hydrogens (tertiary/aromatic N) is 1. The standard InChI is InChI=1S/C14H22N4O/c1-3-9-16-14(15)17-10-8-12-4-6-13(7-5-12)18-11(2)19/h4-7H,3,8-10H2,1-2H3,(H,18,19)(H3,15,16,17). The van der Waals surface area contributed by atoms with E-state index in [1.807, 2.05) is 24.3 Å². The molecule has 0 aromatic heterocycles. The van der Waals surface area contributed by atoms with Crippen molar-refractivity contribution >= 4 is 17.6 Å². The second-order valence-corrected chi connectivity index (χ2v) is 4.32. The lowest BCUT2D eigenvalue weighted by atomic mass is 10.1. The molecule has 19 heavy (non-hydrogen) atoms. The molecule has 1 aromatic rings. The van der Waals surface area contributed by atoms with Crippen LogP contribution in [0.3, 0.4) is 0 Å². The third kappa shape index (κ3) is 6.45. The number of carbonyl (C=O) groups excluding carboxylic acids is 1. The van der Waals surface area contributed by atoms with Crippen LogP contribution in [0.2, 0.25) is 0 Å². The SMILES string of the molecule is CCCN=C(N)NCCc1ccc(NC(C)=O)cc1. The van der Waals surface area contributed by atoms with Crippen LogP contribution in [-0.4, -0.2) is 25.0 Å². The van der Waals surface area contributed by atoms with Crippen molar-refractivity contribution in [1.29, 1.82) is 0 Å². The quantitative estimate of drug-likeness (QED) is 0.537. The minimum absolute atomic E-state index is 0.0608. The Kier molecular flexibility index (Phi) is 6.43. The largest absolute Gasteiger partial charge is 0.370 e. The van der Waals surface area contributed by atoms with Crippen LogP contribution in [0.1, 0.15) is 25.8 Å². The summed E-state index contributed by atoms with van der Waals surface area (Å²) in [7, 11) is 0. The molecule has 0 fully saturated rings. The fourth-order valence-corrected chi connectivity index (χ4v) is 1.58. The molecule has 0 unspecified atom stereocenters. The van der Waals surface area contributed by atoms with Gasteiger partial charge in [0.05, 0.1) is 0 Å². The first-order valence-electron chi connectivity index (χ1n) is 6.52. The molecule has 0 saturated carbocycles. The van der Waals surface area contributed by atoms with Gasteiger partial charge in [-0.2, -0.15) is 0 Å². The van der Waals surface area contributed by atoms with Crippen LogP contribution in [0.5, 0.6) is 0 Å². The fourth-order valence-electron chi connectivity index (χ4n) is 1.58. The molecule has 5 nitrogen and oxygen atoms in total. The lowest BCUT2D eigenvalue weighted by Crippen LogP contribution is -2.33. The first-order chi connectivity index (χ1) is 9.11. The molecule has 104 valence electrons. The maximum atomic E-state index is 10.9. The predicted molar refractivity (Wildman–Crippen MR) is 79.2 cm³/mol. The number of carbonyl (C=O) groups is 1. The second-order valence-electron chi connectivity index (χ2n) is 4.32. The number of hydrogen-bond acceptors (Lipinski definition) is 2. The van der Waals surface area contributed by atoms with Gasteiger partial charge in [0.2, 0.25) is 5.91 Å². The third-order valence-corrected chi connectivity index (χ3v) is 2.50. The molecule has 0 spiro atoms. The first kappa shape index (κ1) is 15.0. The van der Waals surface area contributed by atoms with Gasteiger partial charge in [-0.05, 0) is 30.5 Å². The van der Waals surface area contributed by atoms with Gasteiger partial charge in [0.25, 0.3) is 0 Å². The molecule has 0 aliphatic carbocycles. The van der Waals surface area contributed by atoms with Crippen LogP contribution >= 0.6 is 0 Å². The van der Waals surface area contributed by atoms with Crippen LogP contribution < -0.4 is 16.4 Å². The molecular formula is C14H22N4O. The number of guanidine groups is 1. The van der Waals surface area contributed by atoms with Crippen molar-refractivity contribution in [2.45, 2.75) is 26.7 Å². The molecule has 5 heteroatoms. The number of benzene rings is 1. The highest BCUT2D eigenvalue weighted by molar-refractivity contribution is 5.88. The van der Waals surface area contributed by atoms with E-state index in [0.29, 0.717) is 5.96 Å². The summed E-state index contributed by atoms with van der Waals surface area (Å²) in [5.74, 6) is 0.436. The molecule has 0 bridgehead atoms. The highest BCUT2D eigenvalue weighted by Gasteiger charge is 1.97. The molecular weight excluding hydrogens is 240 g/mol. The van der Waals surface area contributed by atoms with E-state index in [4.69, 9.17) is 5.73 Å². The molecule has 0 heterocycles. The highest BCUT2D eigenvalue weighted by atomic mass is 16.1. The minimum Gasteiger partial charge on any atom is -0.370 e. The van der Waals surface area contributed by atoms with E-state index in [1.165, 1.54) is 12.5 Å². The Morgan fingerprint density at radius 2 is 2.00 bits per heavy atom. The van der Waals surface area contributed by atoms with Crippen molar-refractivity contribution in [3.63, 3.8) is 0 Å². The molecule has 1 rings (SSSR count). The number of aliphatic imine (C=N–C) groups is 1. The second kappa shape index (κ2) is 8.13. The summed E-state index contributed by atoms with van der Waals surface area (Å²) in [5, 5.41) is 5.81. The topological polar surface area (TPSA) is 79.5 Å². The molecule has 0 aliphatic heterocycles. The third-order valence-electron chi connectivity index (χ3n) is 2.50. The summed E-state index contributed by atoms with van der Waals surface area (Å²) in [6, 6.07) is 7.77. The lowest BCUT2D eigenvalue weighted by molar-refractivity contribution is -0.114. The monoisotopic (exact) mass is 262 g/mol. The molecule has 4 N–H and O–H groups in total. The summed E-state index contributed by atoms with van der Waals surface area (Å²) >= 11 is 0. The molecule has 0 radical (unpaired) electrons. The summed E-state index contributed by atoms with van der Waals surface area (Å²) in [6.45, 7) is 5.06. The normalized spacial score (nSPS) is 11.2. The Morgan fingerprint density at radius 1 is 1.32 bits per heavy atom. The van der Waals surface area contributed by atoms with Gasteiger partial charge in [-0.3, -0.25) is 9.79 Å². The zero-order valence-corrected chi connectivity index (χ0v) is 11.6. The number of nitrogens with two attached hydrogens (primary N) is 1. The van der Waals surface area contributed by atoms with Gasteiger partial charge in [0.15, 0.2) is 5.96 Å². The number of rotatable bonds is 6. The van der Waals surface area contributed by atoms with Crippen molar-refractivity contribution in [3.05, 3.63) is 29.8 Å². The summed E-state index contributed by atoms with van der Waals surface area (Å²) in [4.78, 5) is 15.0. The van der Waals surface area contributed by atoms with Crippen molar-refractivity contribution in [3.8, 4) is 0 Å². The zero-order valence-electron chi connectivity index (χ0n) is 11.6. The summed E-state index contributed by atoms with van der Waals surface area (Å²) < 4.78 is 0. The van der Waals surface area contributed by atoms with Gasteiger partial charge in [-0.1, -0.05) is 19.1 Å². The smallest absolute Gasteiger partial charge is 0.221 e. The highest BCUT2D eigenvalue weighted by Crippen LogP contribution is 2.09. The number of nitrogens with one attached hydrogen (secondary N) is 2. The zero-order chi connectivity index (χ0) is 14.1. The van der Waals surface area contributed by atoms with E-state index in [1.54, 1.807) is 0 Å². The van der Waals surface area contributed by atoms with Gasteiger partial charge in [-0.25, -0.2) is 0 Å². The number of anilines is 1. The van der Waals surface area contributed by atoms with E-state index in [2.05, 4.69) is 22.5 Å². The van der Waals surface area contributed by atoms with E-state index in [-0.39, 0.29) is 5.91 Å². The van der Waals surface area contributed by atoms with Crippen molar-refractivity contribution in [2.24, 2.45) is 10.7 Å². The van der Waals surface area contributed by atoms with Crippen LogP contribution in [0.25, 0.3) is 0 Å². The fraction of sp³-hybridized carbons (Fsp3) is 0.429. The Bertz CT molecular complexity index is 426. The van der Waals surface area contributed by atoms with Gasteiger partial charge in [0, 0.05) is 25.7 Å². The Labute approximate surface area is 114 Å². The van der Waals surface area contributed by atoms with Gasteiger partial charge in [-0.15, -0.1) is 0 Å². The average molecular weight is 262 g/mol. The van der Waals surface area contributed by atoms with Crippen molar-refractivity contribution in [1.82, 2.24) is 5.32 Å². The molecule has 0 saturated heterocycles. The Morgan fingerprint density at radius 3 is 2.58 bits per heavy atom. The molecule has 0 aliphatic rings. The molecule has 1 amide bonds. The lowest BCUT2D eigenvalue weighted by Gasteiger charge is -2.07. The average Bonchev–Trinajstić information content (AvgIpc) is 2.38. The number of hydrogen-bond donors (Lipinski definition) is 3. The van der Waals surface area contributed by atoms with Crippen LogP contribution in [-0.2, 0) is 11.2 Å². The van der Waals surface area contributed by atoms with Crippen molar-refractivity contribution < 1.29 is 4.79 Å². The summed E-state index contributed by atoms with van der Waals surface area (Å²) in [5.41, 5.74) is 7.69. The van der Waals surface area contributed by atoms with Crippen LogP contribution in [0.4, 0.5) is 5.69 Å². The van der Waals surface area contributed by atoms with Crippen LogP contribution in [0, 0.1) is 0 Å². The van der Waals surface area contributed by atoms with E-state index in [0.717, 1.165) is 31.6 Å². The van der Waals surface area contributed by atoms with Gasteiger partial charge in [0.1, 0.15) is 0 Å². The first-order valence-corrected chi connectivity index (χ1v) is 6.52. The maximum absolute atomic E-state index is 10.9.